The van der Waals surface area contributed by atoms with Crippen molar-refractivity contribution >= 4 is 17.9 Å². The Hall–Kier alpha value is -3.40. The SMILES string of the molecule is Cc1cc(C(=O)N2Cc3ccccc3C2)c(C)cc1N=CN1Cc2ccccc2C1. The van der Waals surface area contributed by atoms with Crippen LogP contribution in [0, 0.1) is 13.8 Å². The Morgan fingerprint density at radius 1 is 0.800 bits per heavy atom. The van der Waals surface area contributed by atoms with Crippen LogP contribution in [0.15, 0.2) is 65.7 Å². The third kappa shape index (κ3) is 3.39. The van der Waals surface area contributed by atoms with Gasteiger partial charge in [0, 0.05) is 31.7 Å². The fraction of sp³-hybridized carbons (Fsp3) is 0.231. The molecule has 0 unspecified atom stereocenters. The van der Waals surface area contributed by atoms with Crippen LogP contribution in [0.25, 0.3) is 0 Å². The summed E-state index contributed by atoms with van der Waals surface area (Å²) >= 11 is 0. The number of benzene rings is 3. The highest BCUT2D eigenvalue weighted by molar-refractivity contribution is 5.96. The molecule has 4 nitrogen and oxygen atoms in total. The fourth-order valence-corrected chi connectivity index (χ4v) is 4.40. The standard InChI is InChI=1S/C26H25N3O/c1-18-12-25(27-17-28-13-20-7-3-4-8-21(20)14-28)19(2)11-24(18)26(30)29-15-22-9-5-6-10-23(22)16-29/h3-12,17H,13-16H2,1-2H3. The number of fused-ring (bicyclic) bond motifs is 2. The van der Waals surface area contributed by atoms with Gasteiger partial charge < -0.3 is 9.80 Å². The maximum Gasteiger partial charge on any atom is 0.254 e. The third-order valence-electron chi connectivity index (χ3n) is 6.13. The second-order valence-electron chi connectivity index (χ2n) is 8.30. The van der Waals surface area contributed by atoms with Crippen molar-refractivity contribution in [1.82, 2.24) is 9.80 Å². The molecule has 150 valence electrons. The number of carbonyl (C=O) groups excluding carboxylic acids is 1. The van der Waals surface area contributed by atoms with E-state index in [4.69, 9.17) is 4.99 Å². The van der Waals surface area contributed by atoms with E-state index in [1.54, 1.807) is 0 Å². The molecule has 0 saturated heterocycles. The Balaban J connectivity index is 1.33. The van der Waals surface area contributed by atoms with Crippen molar-refractivity contribution in [2.45, 2.75) is 40.0 Å². The van der Waals surface area contributed by atoms with Crippen molar-refractivity contribution in [2.75, 3.05) is 0 Å². The van der Waals surface area contributed by atoms with Crippen LogP contribution < -0.4 is 0 Å². The molecule has 3 aromatic carbocycles. The smallest absolute Gasteiger partial charge is 0.254 e. The minimum atomic E-state index is 0.0947. The van der Waals surface area contributed by atoms with Crippen LogP contribution in [0.1, 0.15) is 43.7 Å². The molecule has 0 bridgehead atoms. The van der Waals surface area contributed by atoms with Gasteiger partial charge in [0.05, 0.1) is 12.0 Å². The van der Waals surface area contributed by atoms with E-state index in [0.717, 1.165) is 35.5 Å². The normalized spacial score (nSPS) is 15.0. The summed E-state index contributed by atoms with van der Waals surface area (Å²) in [6.45, 7) is 7.18. The predicted octanol–water partition coefficient (Wildman–Crippen LogP) is 5.14. The summed E-state index contributed by atoms with van der Waals surface area (Å²) < 4.78 is 0. The first-order valence-electron chi connectivity index (χ1n) is 10.4. The molecule has 0 fully saturated rings. The molecule has 2 aliphatic heterocycles. The number of aliphatic imine (C=N–C) groups is 1. The Labute approximate surface area is 177 Å². The van der Waals surface area contributed by atoms with E-state index < -0.39 is 0 Å². The molecule has 0 aliphatic carbocycles. The Morgan fingerprint density at radius 3 is 1.90 bits per heavy atom. The van der Waals surface area contributed by atoms with E-state index in [-0.39, 0.29) is 5.91 Å². The van der Waals surface area contributed by atoms with Crippen molar-refractivity contribution in [3.63, 3.8) is 0 Å². The molecule has 5 rings (SSSR count). The predicted molar refractivity (Wildman–Crippen MR) is 120 cm³/mol. The molecule has 2 heterocycles. The first-order valence-corrected chi connectivity index (χ1v) is 10.4. The molecule has 0 aromatic heterocycles. The lowest BCUT2D eigenvalue weighted by Gasteiger charge is -2.18. The maximum atomic E-state index is 13.2. The molecule has 0 spiro atoms. The van der Waals surface area contributed by atoms with Gasteiger partial charge in [-0.2, -0.15) is 0 Å². The second-order valence-corrected chi connectivity index (χ2v) is 8.30. The van der Waals surface area contributed by atoms with Crippen LogP contribution in [0.5, 0.6) is 0 Å². The highest BCUT2D eigenvalue weighted by Crippen LogP contribution is 2.29. The summed E-state index contributed by atoms with van der Waals surface area (Å²) in [7, 11) is 0. The van der Waals surface area contributed by atoms with Crippen molar-refractivity contribution in [1.29, 1.82) is 0 Å². The van der Waals surface area contributed by atoms with Crippen molar-refractivity contribution in [3.05, 3.63) is 99.6 Å². The first kappa shape index (κ1) is 18.6. The summed E-state index contributed by atoms with van der Waals surface area (Å²) in [6.07, 6.45) is 1.93. The number of aryl methyl sites for hydroxylation is 2. The molecule has 0 saturated carbocycles. The van der Waals surface area contributed by atoms with Gasteiger partial charge in [0.1, 0.15) is 0 Å². The van der Waals surface area contributed by atoms with Gasteiger partial charge in [-0.05, 0) is 59.4 Å². The number of hydrogen-bond donors (Lipinski definition) is 0. The molecule has 0 atom stereocenters. The lowest BCUT2D eigenvalue weighted by molar-refractivity contribution is 0.0750. The van der Waals surface area contributed by atoms with Crippen LogP contribution in [0.2, 0.25) is 0 Å². The second kappa shape index (κ2) is 7.45. The van der Waals surface area contributed by atoms with E-state index in [1.807, 2.05) is 49.4 Å². The minimum Gasteiger partial charge on any atom is -0.354 e. The quantitative estimate of drug-likeness (QED) is 0.455. The Kier molecular flexibility index (Phi) is 4.62. The molecule has 3 aromatic rings. The summed E-state index contributed by atoms with van der Waals surface area (Å²) in [5, 5.41) is 0. The zero-order valence-corrected chi connectivity index (χ0v) is 17.4. The number of hydrogen-bond acceptors (Lipinski definition) is 2. The molecule has 0 radical (unpaired) electrons. The average molecular weight is 396 g/mol. The van der Waals surface area contributed by atoms with Gasteiger partial charge in [0.2, 0.25) is 0 Å². The van der Waals surface area contributed by atoms with Crippen LogP contribution in [-0.2, 0) is 26.2 Å². The summed E-state index contributed by atoms with van der Waals surface area (Å²) in [5.74, 6) is 0.0947. The lowest BCUT2D eigenvalue weighted by Crippen LogP contribution is -2.26. The van der Waals surface area contributed by atoms with Crippen LogP contribution in [-0.4, -0.2) is 22.0 Å². The monoisotopic (exact) mass is 395 g/mol. The molecule has 2 aliphatic rings. The minimum absolute atomic E-state index is 0.0947. The van der Waals surface area contributed by atoms with E-state index in [2.05, 4.69) is 41.3 Å². The van der Waals surface area contributed by atoms with Crippen LogP contribution in [0.4, 0.5) is 5.69 Å². The number of nitrogens with zero attached hydrogens (tertiary/aromatic N) is 3. The zero-order valence-electron chi connectivity index (χ0n) is 17.4. The van der Waals surface area contributed by atoms with Crippen molar-refractivity contribution in [2.24, 2.45) is 4.99 Å². The first-order chi connectivity index (χ1) is 14.6. The van der Waals surface area contributed by atoms with E-state index in [1.165, 1.54) is 22.3 Å². The lowest BCUT2D eigenvalue weighted by atomic mass is 10.0. The van der Waals surface area contributed by atoms with Gasteiger partial charge in [-0.15, -0.1) is 0 Å². The largest absolute Gasteiger partial charge is 0.354 e. The fourth-order valence-electron chi connectivity index (χ4n) is 4.40. The molecular formula is C26H25N3O. The Bertz CT molecular complexity index is 1110. The molecule has 1 amide bonds. The van der Waals surface area contributed by atoms with Gasteiger partial charge >= 0.3 is 0 Å². The Morgan fingerprint density at radius 2 is 1.33 bits per heavy atom. The average Bonchev–Trinajstić information content (AvgIpc) is 3.37. The van der Waals surface area contributed by atoms with Gasteiger partial charge in [-0.1, -0.05) is 48.5 Å². The van der Waals surface area contributed by atoms with Gasteiger partial charge in [0.15, 0.2) is 0 Å². The highest BCUT2D eigenvalue weighted by atomic mass is 16.2. The molecular weight excluding hydrogens is 370 g/mol. The molecule has 30 heavy (non-hydrogen) atoms. The van der Waals surface area contributed by atoms with E-state index in [9.17, 15) is 4.79 Å². The summed E-state index contributed by atoms with van der Waals surface area (Å²) in [4.78, 5) is 22.1. The van der Waals surface area contributed by atoms with Crippen molar-refractivity contribution < 1.29 is 4.79 Å². The van der Waals surface area contributed by atoms with Gasteiger partial charge in [-0.3, -0.25) is 4.79 Å². The van der Waals surface area contributed by atoms with Gasteiger partial charge in [-0.25, -0.2) is 4.99 Å². The third-order valence-corrected chi connectivity index (χ3v) is 6.13. The topological polar surface area (TPSA) is 35.9 Å². The number of rotatable bonds is 3. The summed E-state index contributed by atoms with van der Waals surface area (Å²) in [5.41, 5.74) is 8.90. The highest BCUT2D eigenvalue weighted by Gasteiger charge is 2.25. The van der Waals surface area contributed by atoms with Crippen LogP contribution in [0.3, 0.4) is 0 Å². The maximum absolute atomic E-state index is 13.2. The van der Waals surface area contributed by atoms with E-state index >= 15 is 0 Å². The number of carbonyl (C=O) groups is 1. The zero-order chi connectivity index (χ0) is 20.7. The van der Waals surface area contributed by atoms with Gasteiger partial charge in [0.25, 0.3) is 5.91 Å². The molecule has 0 N–H and O–H groups in total. The van der Waals surface area contributed by atoms with E-state index in [0.29, 0.717) is 13.1 Å². The number of amides is 1. The van der Waals surface area contributed by atoms with Crippen molar-refractivity contribution in [3.8, 4) is 0 Å². The molecule has 4 heteroatoms. The van der Waals surface area contributed by atoms with Crippen LogP contribution >= 0.6 is 0 Å². The summed E-state index contributed by atoms with van der Waals surface area (Å²) in [6, 6.07) is 20.8.